The van der Waals surface area contributed by atoms with Crippen molar-refractivity contribution in [1.29, 1.82) is 0 Å². The number of nitrogens with zero attached hydrogens (tertiary/aromatic N) is 5. The number of hydrogen-bond acceptors (Lipinski definition) is 9. The van der Waals surface area contributed by atoms with E-state index in [0.717, 1.165) is 6.26 Å². The number of azide groups is 1. The van der Waals surface area contributed by atoms with Gasteiger partial charge in [0, 0.05) is 49.9 Å². The standard InChI is InChI=1S/C31H42FN7O7/c1-19(2)29-21(15-27(42)35-11-12-36-38-33)8-9-26(41)34-10-4-6-20(3)14-23(40)16-22(32)17-28-37-24(18-45-28)30(43)39-13-5-7-25(39)31(44)46-29/h4,6,8-9,14,18-19,21-23,25,29,40H,5,7,10-13,15-17H2,1-3H3,(H,34,41)(H,35,42)/b6-4+,9-8+,20-14+/t21-,22+,23+,25+,29+/m0/s1. The van der Waals surface area contributed by atoms with E-state index in [1.807, 2.05) is 13.8 Å². The number of fused-ring (bicyclic) bond motifs is 3. The molecule has 0 spiro atoms. The maximum Gasteiger partial charge on any atom is 0.329 e. The Morgan fingerprint density at radius 2 is 2.11 bits per heavy atom. The minimum Gasteiger partial charge on any atom is -0.460 e. The fourth-order valence-electron chi connectivity index (χ4n) is 5.34. The summed E-state index contributed by atoms with van der Waals surface area (Å²) in [5.74, 6) is -3.08. The van der Waals surface area contributed by atoms with E-state index in [1.165, 1.54) is 23.1 Å². The van der Waals surface area contributed by atoms with E-state index in [-0.39, 0.29) is 62.9 Å². The molecule has 0 saturated carbocycles. The predicted octanol–water partition coefficient (Wildman–Crippen LogP) is 3.10. The van der Waals surface area contributed by atoms with Gasteiger partial charge in [-0.05, 0) is 37.3 Å². The molecule has 3 rings (SSSR count). The largest absolute Gasteiger partial charge is 0.460 e. The number of esters is 1. The van der Waals surface area contributed by atoms with Crippen molar-refractivity contribution < 1.29 is 37.8 Å². The highest BCUT2D eigenvalue weighted by molar-refractivity contribution is 5.95. The number of rotatable bonds is 6. The van der Waals surface area contributed by atoms with E-state index in [4.69, 9.17) is 14.7 Å². The van der Waals surface area contributed by atoms with Crippen molar-refractivity contribution >= 4 is 23.7 Å². The van der Waals surface area contributed by atoms with Crippen molar-refractivity contribution in [3.8, 4) is 0 Å². The number of cyclic esters (lactones) is 1. The maximum atomic E-state index is 14.7. The van der Waals surface area contributed by atoms with Crippen LogP contribution in [0.5, 0.6) is 0 Å². The second-order valence-corrected chi connectivity index (χ2v) is 11.6. The molecule has 2 bridgehead atoms. The SMILES string of the molecule is CC1=C\[C@@H](O)C[C@@H](F)Cc2nc(co2)C(=O)N2CCC[C@@H]2C(=O)O[C@H](C(C)C)[C@H](CC(=O)NCCN=[N+]=[N-])/C=C/C(=O)NC\C=C\1. The van der Waals surface area contributed by atoms with Crippen LogP contribution in [-0.4, -0.2) is 89.3 Å². The van der Waals surface area contributed by atoms with Gasteiger partial charge in [-0.3, -0.25) is 14.4 Å². The molecule has 3 N–H and O–H groups in total. The van der Waals surface area contributed by atoms with Crippen molar-refractivity contribution in [2.45, 2.75) is 77.3 Å². The number of aliphatic hydroxyl groups is 1. The van der Waals surface area contributed by atoms with Gasteiger partial charge in [0.05, 0.1) is 12.5 Å². The topological polar surface area (TPSA) is 200 Å². The highest BCUT2D eigenvalue weighted by Crippen LogP contribution is 2.27. The average molecular weight is 644 g/mol. The molecule has 5 atom stereocenters. The van der Waals surface area contributed by atoms with Crippen LogP contribution < -0.4 is 10.6 Å². The number of ether oxygens (including phenoxy) is 1. The molecule has 1 saturated heterocycles. The molecule has 14 nitrogen and oxygen atoms in total. The van der Waals surface area contributed by atoms with E-state index in [0.29, 0.717) is 18.4 Å². The molecule has 15 heteroatoms. The fraction of sp³-hybridized carbons (Fsp3) is 0.581. The summed E-state index contributed by atoms with van der Waals surface area (Å²) in [7, 11) is 0. The van der Waals surface area contributed by atoms with E-state index in [2.05, 4.69) is 25.6 Å². The van der Waals surface area contributed by atoms with Crippen molar-refractivity contribution in [3.63, 3.8) is 0 Å². The molecule has 250 valence electrons. The van der Waals surface area contributed by atoms with Crippen LogP contribution in [0.15, 0.2) is 51.7 Å². The van der Waals surface area contributed by atoms with E-state index in [9.17, 15) is 28.7 Å². The molecule has 0 unspecified atom stereocenters. The number of amides is 3. The van der Waals surface area contributed by atoms with Crippen molar-refractivity contribution in [1.82, 2.24) is 20.5 Å². The number of aliphatic hydroxyl groups excluding tert-OH is 1. The minimum atomic E-state index is -1.50. The zero-order chi connectivity index (χ0) is 33.6. The molecule has 1 aromatic heterocycles. The molecular weight excluding hydrogens is 601 g/mol. The van der Waals surface area contributed by atoms with Crippen LogP contribution in [0, 0.1) is 11.8 Å². The Balaban J connectivity index is 1.90. The quantitative estimate of drug-likeness (QED) is 0.138. The Bertz CT molecular complexity index is 1370. The lowest BCUT2D eigenvalue weighted by atomic mass is 9.89. The van der Waals surface area contributed by atoms with Gasteiger partial charge in [0.1, 0.15) is 24.6 Å². The summed E-state index contributed by atoms with van der Waals surface area (Å²) in [6.07, 6.45) is 5.58. The first-order valence-electron chi connectivity index (χ1n) is 15.3. The third-order valence-electron chi connectivity index (χ3n) is 7.52. The van der Waals surface area contributed by atoms with Crippen LogP contribution in [0.4, 0.5) is 4.39 Å². The summed E-state index contributed by atoms with van der Waals surface area (Å²) in [5.41, 5.74) is 9.05. The van der Waals surface area contributed by atoms with Crippen LogP contribution in [0.3, 0.4) is 0 Å². The van der Waals surface area contributed by atoms with Crippen LogP contribution in [-0.2, 0) is 25.5 Å². The Kier molecular flexibility index (Phi) is 14.0. The Labute approximate surface area is 266 Å². The first-order valence-corrected chi connectivity index (χ1v) is 15.3. The van der Waals surface area contributed by atoms with Crippen LogP contribution in [0.2, 0.25) is 0 Å². The highest BCUT2D eigenvalue weighted by Gasteiger charge is 2.39. The lowest BCUT2D eigenvalue weighted by Crippen LogP contribution is -2.44. The van der Waals surface area contributed by atoms with Gasteiger partial charge in [0.2, 0.25) is 11.8 Å². The summed E-state index contributed by atoms with van der Waals surface area (Å²) in [6, 6.07) is -0.924. The number of nitrogens with one attached hydrogen (secondary N) is 2. The molecule has 2 aliphatic heterocycles. The predicted molar refractivity (Wildman–Crippen MR) is 165 cm³/mol. The fourth-order valence-corrected chi connectivity index (χ4v) is 5.34. The van der Waals surface area contributed by atoms with Gasteiger partial charge in [-0.25, -0.2) is 14.2 Å². The molecule has 3 amide bonds. The van der Waals surface area contributed by atoms with Crippen molar-refractivity contribution in [3.05, 3.63) is 64.2 Å². The molecule has 0 aromatic carbocycles. The summed E-state index contributed by atoms with van der Waals surface area (Å²) in [5, 5.41) is 19.1. The van der Waals surface area contributed by atoms with Gasteiger partial charge < -0.3 is 29.8 Å². The number of carbonyl (C=O) groups is 4. The highest BCUT2D eigenvalue weighted by atomic mass is 19.1. The van der Waals surface area contributed by atoms with E-state index < -0.39 is 54.0 Å². The van der Waals surface area contributed by atoms with Gasteiger partial charge in [0.25, 0.3) is 5.91 Å². The summed E-state index contributed by atoms with van der Waals surface area (Å²) in [4.78, 5) is 60.5. The van der Waals surface area contributed by atoms with Gasteiger partial charge in [-0.2, -0.15) is 0 Å². The summed E-state index contributed by atoms with van der Waals surface area (Å²) < 4.78 is 26.1. The normalized spacial score (nSPS) is 27.8. The number of halogens is 1. The number of aromatic nitrogens is 1. The van der Waals surface area contributed by atoms with Gasteiger partial charge >= 0.3 is 5.97 Å². The van der Waals surface area contributed by atoms with Gasteiger partial charge in [-0.15, -0.1) is 0 Å². The monoisotopic (exact) mass is 643 g/mol. The molecule has 46 heavy (non-hydrogen) atoms. The lowest BCUT2D eigenvalue weighted by molar-refractivity contribution is -0.159. The zero-order valence-electron chi connectivity index (χ0n) is 26.3. The van der Waals surface area contributed by atoms with Crippen molar-refractivity contribution in [2.24, 2.45) is 17.0 Å². The average Bonchev–Trinajstić information content (AvgIpc) is 3.68. The number of alkyl halides is 1. The number of allylic oxidation sites excluding steroid dienone is 2. The van der Waals surface area contributed by atoms with Crippen molar-refractivity contribution in [2.75, 3.05) is 26.2 Å². The molecule has 2 aliphatic rings. The first-order chi connectivity index (χ1) is 22.0. The summed E-state index contributed by atoms with van der Waals surface area (Å²) in [6.45, 7) is 5.94. The maximum absolute atomic E-state index is 14.7. The second-order valence-electron chi connectivity index (χ2n) is 11.6. The number of hydrogen-bond donors (Lipinski definition) is 3. The minimum absolute atomic E-state index is 0.0108. The first kappa shape index (κ1) is 36.0. The Morgan fingerprint density at radius 1 is 1.33 bits per heavy atom. The molecule has 1 aromatic rings. The summed E-state index contributed by atoms with van der Waals surface area (Å²) >= 11 is 0. The van der Waals surface area contributed by atoms with Gasteiger partial charge in [0.15, 0.2) is 11.6 Å². The molecule has 0 radical (unpaired) electrons. The molecule has 0 aliphatic carbocycles. The van der Waals surface area contributed by atoms with Crippen LogP contribution in [0.1, 0.15) is 62.8 Å². The smallest absolute Gasteiger partial charge is 0.329 e. The third-order valence-corrected chi connectivity index (χ3v) is 7.52. The molecule has 1 fully saturated rings. The second kappa shape index (κ2) is 17.9. The van der Waals surface area contributed by atoms with Crippen LogP contribution >= 0.6 is 0 Å². The van der Waals surface area contributed by atoms with E-state index >= 15 is 0 Å². The Hall–Kier alpha value is -4.49. The molecular formula is C31H42FN7O7. The zero-order valence-corrected chi connectivity index (χ0v) is 26.3. The number of carbonyl (C=O) groups excluding carboxylic acids is 4. The molecule has 3 heterocycles. The number of oxazole rings is 1. The Morgan fingerprint density at radius 3 is 2.85 bits per heavy atom. The third kappa shape index (κ3) is 11.1. The van der Waals surface area contributed by atoms with Crippen LogP contribution in [0.25, 0.3) is 10.4 Å². The van der Waals surface area contributed by atoms with Gasteiger partial charge in [-0.1, -0.05) is 48.8 Å². The lowest BCUT2D eigenvalue weighted by Gasteiger charge is -2.30. The van der Waals surface area contributed by atoms with E-state index in [1.54, 1.807) is 19.1 Å².